The average Bonchev–Trinajstić information content (AvgIpc) is 2.66. The Morgan fingerprint density at radius 1 is 1.15 bits per heavy atom. The third-order valence-electron chi connectivity index (χ3n) is 5.76. The van der Waals surface area contributed by atoms with E-state index in [0.717, 1.165) is 24.0 Å². The van der Waals surface area contributed by atoms with Crippen molar-refractivity contribution in [1.29, 1.82) is 0 Å². The molecule has 0 amide bonds. The van der Waals surface area contributed by atoms with Gasteiger partial charge in [0.1, 0.15) is 0 Å². The molecule has 0 spiro atoms. The molecule has 2 aliphatic rings. The number of Topliss-reactive ketones (excluding diaryl/α,β-unsaturated/α-hetero) is 1. The first-order chi connectivity index (χ1) is 8.86. The van der Waals surface area contributed by atoms with Gasteiger partial charge in [-0.2, -0.15) is 0 Å². The van der Waals surface area contributed by atoms with Crippen LogP contribution in [0.15, 0.2) is 29.8 Å². The predicted molar refractivity (Wildman–Crippen MR) is 78.8 cm³/mol. The number of hydrogen-bond donors (Lipinski definition) is 0. The van der Waals surface area contributed by atoms with Gasteiger partial charge in [0.05, 0.1) is 0 Å². The van der Waals surface area contributed by atoms with Crippen molar-refractivity contribution < 1.29 is 34.4 Å². The van der Waals surface area contributed by atoms with Gasteiger partial charge in [-0.15, -0.1) is 0 Å². The Morgan fingerprint density at radius 3 is 2.25 bits per heavy atom. The number of benzene rings is 1. The number of allylic oxidation sites excluding steroid dienone is 1. The van der Waals surface area contributed by atoms with Gasteiger partial charge in [-0.25, -0.2) is 0 Å². The molecule has 2 fully saturated rings. The number of carbonyl (C=O) groups excluding carboxylic acids is 1. The third kappa shape index (κ3) is 2.06. The van der Waals surface area contributed by atoms with Crippen molar-refractivity contribution in [2.75, 3.05) is 0 Å². The Kier molecular flexibility index (Phi) is 4.10. The Morgan fingerprint density at radius 2 is 1.75 bits per heavy atom. The molecule has 3 rings (SSSR count). The average molecular weight is 277 g/mol. The molecule has 1 aromatic carbocycles. The largest absolute Gasteiger partial charge is 1.00 e. The van der Waals surface area contributed by atoms with E-state index in [0.29, 0.717) is 11.7 Å². The maximum Gasteiger partial charge on any atom is 1.00 e. The summed E-state index contributed by atoms with van der Waals surface area (Å²) in [6, 6.07) is 8.43. The maximum absolute atomic E-state index is 12.7. The molecule has 2 bridgehead atoms. The maximum atomic E-state index is 12.7. The van der Waals surface area contributed by atoms with Gasteiger partial charge in [-0.3, -0.25) is 4.79 Å². The minimum atomic E-state index is -0.145. The van der Waals surface area contributed by atoms with Crippen LogP contribution < -0.4 is 29.6 Å². The summed E-state index contributed by atoms with van der Waals surface area (Å²) < 4.78 is 0. The van der Waals surface area contributed by atoms with Crippen molar-refractivity contribution in [2.45, 2.75) is 40.5 Å². The Labute approximate surface area is 144 Å². The van der Waals surface area contributed by atoms with Crippen LogP contribution >= 0.6 is 0 Å². The molecule has 2 saturated carbocycles. The first kappa shape index (κ1) is 16.0. The molecule has 100 valence electrons. The topological polar surface area (TPSA) is 17.1 Å². The fourth-order valence-corrected chi connectivity index (χ4v) is 3.94. The van der Waals surface area contributed by atoms with Crippen molar-refractivity contribution in [3.63, 3.8) is 0 Å². The van der Waals surface area contributed by atoms with Gasteiger partial charge in [-0.1, -0.05) is 50.6 Å². The van der Waals surface area contributed by atoms with Gasteiger partial charge >= 0.3 is 29.6 Å². The fraction of sp³-hybridized carbons (Fsp3) is 0.500. The summed E-state index contributed by atoms with van der Waals surface area (Å²) in [7, 11) is 0. The van der Waals surface area contributed by atoms with Crippen molar-refractivity contribution in [2.24, 2.45) is 16.7 Å². The SMILES string of the molecule is Cc1ccc(/C=C2\C(=O)C3(C)CCC2C3(C)C)cc1.[Na+]. The van der Waals surface area contributed by atoms with Crippen LogP contribution in [0.25, 0.3) is 6.08 Å². The van der Waals surface area contributed by atoms with E-state index in [1.807, 2.05) is 0 Å². The predicted octanol–water partition coefficient (Wildman–Crippen LogP) is 1.41. The van der Waals surface area contributed by atoms with E-state index in [-0.39, 0.29) is 40.4 Å². The number of fused-ring (bicyclic) bond motifs is 2. The fourth-order valence-electron chi connectivity index (χ4n) is 3.94. The molecule has 0 aromatic heterocycles. The van der Waals surface area contributed by atoms with Crippen LogP contribution in [0.2, 0.25) is 0 Å². The summed E-state index contributed by atoms with van der Waals surface area (Å²) in [5, 5.41) is 0. The zero-order chi connectivity index (χ0) is 13.8. The van der Waals surface area contributed by atoms with Gasteiger partial charge in [0.2, 0.25) is 0 Å². The van der Waals surface area contributed by atoms with Crippen LogP contribution in [0.3, 0.4) is 0 Å². The minimum Gasteiger partial charge on any atom is -0.294 e. The zero-order valence-electron chi connectivity index (χ0n) is 13.3. The Hall–Kier alpha value is -0.370. The van der Waals surface area contributed by atoms with Crippen LogP contribution in [0, 0.1) is 23.7 Å². The molecule has 0 aliphatic heterocycles. The smallest absolute Gasteiger partial charge is 0.294 e. The number of aryl methyl sites for hydroxylation is 1. The van der Waals surface area contributed by atoms with E-state index in [4.69, 9.17) is 0 Å². The molecular formula is C18H22NaO+. The molecule has 0 radical (unpaired) electrons. The summed E-state index contributed by atoms with van der Waals surface area (Å²) in [5.74, 6) is 0.820. The van der Waals surface area contributed by atoms with E-state index in [9.17, 15) is 4.79 Å². The zero-order valence-corrected chi connectivity index (χ0v) is 15.3. The molecule has 2 heteroatoms. The van der Waals surface area contributed by atoms with Crippen molar-refractivity contribution in [3.8, 4) is 0 Å². The molecule has 0 saturated heterocycles. The molecular weight excluding hydrogens is 255 g/mol. The van der Waals surface area contributed by atoms with Crippen LogP contribution in [-0.4, -0.2) is 5.78 Å². The quantitative estimate of drug-likeness (QED) is 0.560. The summed E-state index contributed by atoms with van der Waals surface area (Å²) >= 11 is 0. The summed E-state index contributed by atoms with van der Waals surface area (Å²) in [6.07, 6.45) is 4.33. The minimum absolute atomic E-state index is 0. The molecule has 2 aliphatic carbocycles. The van der Waals surface area contributed by atoms with Crippen LogP contribution in [0.1, 0.15) is 44.7 Å². The molecule has 2 unspecified atom stereocenters. The van der Waals surface area contributed by atoms with E-state index in [1.54, 1.807) is 0 Å². The van der Waals surface area contributed by atoms with Gasteiger partial charge in [0, 0.05) is 5.41 Å². The molecule has 20 heavy (non-hydrogen) atoms. The van der Waals surface area contributed by atoms with E-state index < -0.39 is 0 Å². The molecule has 0 N–H and O–H groups in total. The molecule has 1 aromatic rings. The second-order valence-corrected chi connectivity index (χ2v) is 6.98. The third-order valence-corrected chi connectivity index (χ3v) is 5.76. The second-order valence-electron chi connectivity index (χ2n) is 6.98. The van der Waals surface area contributed by atoms with Crippen molar-refractivity contribution >= 4 is 11.9 Å². The van der Waals surface area contributed by atoms with Crippen LogP contribution in [0.5, 0.6) is 0 Å². The number of ketones is 1. The van der Waals surface area contributed by atoms with Gasteiger partial charge in [0.15, 0.2) is 5.78 Å². The second kappa shape index (κ2) is 5.12. The van der Waals surface area contributed by atoms with Crippen molar-refractivity contribution in [1.82, 2.24) is 0 Å². The number of carbonyl (C=O) groups is 1. The molecule has 2 atom stereocenters. The first-order valence-corrected chi connectivity index (χ1v) is 7.19. The molecule has 0 heterocycles. The summed E-state index contributed by atoms with van der Waals surface area (Å²) in [6.45, 7) is 8.77. The van der Waals surface area contributed by atoms with Gasteiger partial charge in [-0.05, 0) is 48.3 Å². The monoisotopic (exact) mass is 277 g/mol. The molecule has 1 nitrogen and oxygen atoms in total. The first-order valence-electron chi connectivity index (χ1n) is 7.19. The van der Waals surface area contributed by atoms with Gasteiger partial charge in [0.25, 0.3) is 0 Å². The Balaban J connectivity index is 0.00000147. The Bertz CT molecular complexity index is 568. The number of hydrogen-bond acceptors (Lipinski definition) is 1. The van der Waals surface area contributed by atoms with Crippen molar-refractivity contribution in [3.05, 3.63) is 41.0 Å². The number of rotatable bonds is 1. The van der Waals surface area contributed by atoms with Crippen LogP contribution in [-0.2, 0) is 4.79 Å². The van der Waals surface area contributed by atoms with Crippen LogP contribution in [0.4, 0.5) is 0 Å². The standard InChI is InChI=1S/C18H22O.Na/c1-12-5-7-13(8-6-12)11-14-15-9-10-18(4,16(14)19)17(15,2)3;/h5-8,11,15H,9-10H2,1-4H3;/q;+1/b14-11-;. The summed E-state index contributed by atoms with van der Waals surface area (Å²) in [5.41, 5.74) is 3.44. The van der Waals surface area contributed by atoms with E-state index >= 15 is 0 Å². The normalized spacial score (nSPS) is 32.5. The summed E-state index contributed by atoms with van der Waals surface area (Å²) in [4.78, 5) is 12.7. The van der Waals surface area contributed by atoms with E-state index in [2.05, 4.69) is 58.0 Å². The van der Waals surface area contributed by atoms with E-state index in [1.165, 1.54) is 5.56 Å². The van der Waals surface area contributed by atoms with Gasteiger partial charge < -0.3 is 0 Å².